The van der Waals surface area contributed by atoms with Gasteiger partial charge < -0.3 is 9.47 Å². The van der Waals surface area contributed by atoms with E-state index in [9.17, 15) is 9.59 Å². The molecular formula is C18H19NO4. The van der Waals surface area contributed by atoms with Crippen molar-refractivity contribution in [2.75, 3.05) is 0 Å². The third-order valence-corrected chi connectivity index (χ3v) is 2.83. The number of rotatable bonds is 4. The fourth-order valence-electron chi connectivity index (χ4n) is 1.86. The second-order valence-electron chi connectivity index (χ2n) is 5.96. The van der Waals surface area contributed by atoms with Gasteiger partial charge in [-0.25, -0.2) is 14.6 Å². The molecular weight excluding hydrogens is 294 g/mol. The van der Waals surface area contributed by atoms with Crippen molar-refractivity contribution in [3.63, 3.8) is 0 Å². The zero-order chi connectivity index (χ0) is 16.9. The highest BCUT2D eigenvalue weighted by Gasteiger charge is 2.24. The van der Waals surface area contributed by atoms with Crippen molar-refractivity contribution >= 4 is 11.9 Å². The zero-order valence-corrected chi connectivity index (χ0v) is 13.4. The molecule has 0 aliphatic heterocycles. The van der Waals surface area contributed by atoms with Gasteiger partial charge in [-0.15, -0.1) is 0 Å². The number of hydrogen-bond donors (Lipinski definition) is 0. The molecule has 5 nitrogen and oxygen atoms in total. The lowest BCUT2D eigenvalue weighted by Gasteiger charge is -2.20. The van der Waals surface area contributed by atoms with E-state index < -0.39 is 17.5 Å². The van der Waals surface area contributed by atoms with Gasteiger partial charge in [0.2, 0.25) is 0 Å². The molecule has 1 heterocycles. The molecule has 0 radical (unpaired) electrons. The summed E-state index contributed by atoms with van der Waals surface area (Å²) in [6.07, 6.45) is 1.44. The minimum Gasteiger partial charge on any atom is -0.456 e. The molecule has 23 heavy (non-hydrogen) atoms. The van der Waals surface area contributed by atoms with E-state index >= 15 is 0 Å². The van der Waals surface area contributed by atoms with Gasteiger partial charge in [0, 0.05) is 6.20 Å². The van der Waals surface area contributed by atoms with Gasteiger partial charge in [0.15, 0.2) is 5.69 Å². The summed E-state index contributed by atoms with van der Waals surface area (Å²) in [7, 11) is 0. The Balaban J connectivity index is 2.13. The highest BCUT2D eigenvalue weighted by molar-refractivity contribution is 6.01. The maximum Gasteiger partial charge on any atom is 0.358 e. The first-order chi connectivity index (χ1) is 10.9. The van der Waals surface area contributed by atoms with Crippen molar-refractivity contribution in [1.29, 1.82) is 0 Å². The van der Waals surface area contributed by atoms with Crippen LogP contribution in [-0.2, 0) is 16.1 Å². The summed E-state index contributed by atoms with van der Waals surface area (Å²) < 4.78 is 10.5. The van der Waals surface area contributed by atoms with E-state index in [4.69, 9.17) is 9.47 Å². The number of nitrogens with zero attached hydrogens (tertiary/aromatic N) is 1. The molecule has 2 aromatic rings. The zero-order valence-electron chi connectivity index (χ0n) is 13.4. The Hall–Kier alpha value is -2.69. The number of ether oxygens (including phenoxy) is 2. The summed E-state index contributed by atoms with van der Waals surface area (Å²) in [6.45, 7) is 5.39. The first kappa shape index (κ1) is 16.7. The minimum absolute atomic E-state index is 0.0438. The van der Waals surface area contributed by atoms with E-state index in [1.54, 1.807) is 26.8 Å². The Kier molecular flexibility index (Phi) is 5.11. The van der Waals surface area contributed by atoms with Crippen LogP contribution >= 0.6 is 0 Å². The molecule has 0 fully saturated rings. The van der Waals surface area contributed by atoms with Crippen molar-refractivity contribution < 1.29 is 19.1 Å². The molecule has 2 rings (SSSR count). The smallest absolute Gasteiger partial charge is 0.358 e. The van der Waals surface area contributed by atoms with Crippen LogP contribution in [0.25, 0.3) is 0 Å². The Morgan fingerprint density at radius 1 is 1.00 bits per heavy atom. The maximum absolute atomic E-state index is 12.2. The predicted octanol–water partition coefficient (Wildman–Crippen LogP) is 3.39. The monoisotopic (exact) mass is 313 g/mol. The van der Waals surface area contributed by atoms with E-state index in [2.05, 4.69) is 4.98 Å². The molecule has 0 N–H and O–H groups in total. The van der Waals surface area contributed by atoms with E-state index in [0.717, 1.165) is 5.56 Å². The van der Waals surface area contributed by atoms with Crippen LogP contribution in [-0.4, -0.2) is 22.5 Å². The molecule has 1 aromatic carbocycles. The highest BCUT2D eigenvalue weighted by Crippen LogP contribution is 2.15. The summed E-state index contributed by atoms with van der Waals surface area (Å²) in [6, 6.07) is 12.4. The molecule has 0 amide bonds. The van der Waals surface area contributed by atoms with Crippen molar-refractivity contribution in [3.8, 4) is 0 Å². The number of pyridine rings is 1. The largest absolute Gasteiger partial charge is 0.456 e. The molecule has 0 saturated heterocycles. The molecule has 0 aliphatic rings. The number of carbonyl (C=O) groups is 2. The van der Waals surface area contributed by atoms with Crippen LogP contribution in [0.5, 0.6) is 0 Å². The second kappa shape index (κ2) is 7.05. The van der Waals surface area contributed by atoms with Crippen LogP contribution in [0.1, 0.15) is 47.2 Å². The SMILES string of the molecule is CC(C)(C)OC(=O)c1cccnc1C(=O)OCc1ccccc1. The third kappa shape index (κ3) is 4.92. The first-order valence-electron chi connectivity index (χ1n) is 7.26. The van der Waals surface area contributed by atoms with Crippen molar-refractivity contribution in [2.24, 2.45) is 0 Å². The molecule has 0 unspecified atom stereocenters. The average molecular weight is 313 g/mol. The fraction of sp³-hybridized carbons (Fsp3) is 0.278. The molecule has 0 spiro atoms. The predicted molar refractivity (Wildman–Crippen MR) is 85.0 cm³/mol. The standard InChI is InChI=1S/C18H19NO4/c1-18(2,3)23-16(20)14-10-7-11-19-15(14)17(21)22-12-13-8-5-4-6-9-13/h4-11H,12H2,1-3H3. The van der Waals surface area contributed by atoms with Crippen molar-refractivity contribution in [3.05, 3.63) is 65.5 Å². The topological polar surface area (TPSA) is 65.5 Å². The molecule has 0 bridgehead atoms. The number of aromatic nitrogens is 1. The van der Waals surface area contributed by atoms with E-state index in [1.807, 2.05) is 30.3 Å². The van der Waals surface area contributed by atoms with Gasteiger partial charge in [-0.2, -0.15) is 0 Å². The summed E-state index contributed by atoms with van der Waals surface area (Å²) in [4.78, 5) is 28.4. The minimum atomic E-state index is -0.657. The normalized spacial score (nSPS) is 10.9. The number of hydrogen-bond acceptors (Lipinski definition) is 5. The molecule has 5 heteroatoms. The quantitative estimate of drug-likeness (QED) is 0.809. The van der Waals surface area contributed by atoms with Crippen molar-refractivity contribution in [2.45, 2.75) is 33.0 Å². The van der Waals surface area contributed by atoms with Crippen LogP contribution in [0.3, 0.4) is 0 Å². The Bertz CT molecular complexity index is 690. The van der Waals surface area contributed by atoms with Gasteiger partial charge in [-0.3, -0.25) is 0 Å². The van der Waals surface area contributed by atoms with Crippen LogP contribution < -0.4 is 0 Å². The van der Waals surface area contributed by atoms with Gasteiger partial charge in [0.05, 0.1) is 5.56 Å². The van der Waals surface area contributed by atoms with E-state index in [-0.39, 0.29) is 17.9 Å². The van der Waals surface area contributed by atoms with E-state index in [1.165, 1.54) is 12.3 Å². The molecule has 1 aromatic heterocycles. The number of esters is 2. The van der Waals surface area contributed by atoms with E-state index in [0.29, 0.717) is 0 Å². The van der Waals surface area contributed by atoms with Gasteiger partial charge >= 0.3 is 11.9 Å². The average Bonchev–Trinajstić information content (AvgIpc) is 2.52. The second-order valence-corrected chi connectivity index (χ2v) is 5.96. The Morgan fingerprint density at radius 3 is 2.35 bits per heavy atom. The molecule has 0 aliphatic carbocycles. The summed E-state index contributed by atoms with van der Waals surface area (Å²) >= 11 is 0. The molecule has 120 valence electrons. The van der Waals surface area contributed by atoms with Gasteiger partial charge in [0.25, 0.3) is 0 Å². The van der Waals surface area contributed by atoms with Gasteiger partial charge in [-0.1, -0.05) is 30.3 Å². The Labute approximate surface area is 135 Å². The first-order valence-corrected chi connectivity index (χ1v) is 7.26. The molecule has 0 saturated carbocycles. The van der Waals surface area contributed by atoms with Crippen molar-refractivity contribution in [1.82, 2.24) is 4.98 Å². The molecule has 0 atom stereocenters. The summed E-state index contributed by atoms with van der Waals surface area (Å²) in [5.41, 5.74) is 0.256. The summed E-state index contributed by atoms with van der Waals surface area (Å²) in [5.74, 6) is -1.26. The van der Waals surface area contributed by atoms with Gasteiger partial charge in [-0.05, 0) is 38.5 Å². The number of benzene rings is 1. The lowest BCUT2D eigenvalue weighted by atomic mass is 10.1. The van der Waals surface area contributed by atoms with Crippen LogP contribution in [0.2, 0.25) is 0 Å². The van der Waals surface area contributed by atoms with Crippen LogP contribution in [0.15, 0.2) is 48.7 Å². The Morgan fingerprint density at radius 2 is 1.70 bits per heavy atom. The van der Waals surface area contributed by atoms with Crippen LogP contribution in [0.4, 0.5) is 0 Å². The maximum atomic E-state index is 12.2. The van der Waals surface area contributed by atoms with Gasteiger partial charge in [0.1, 0.15) is 12.2 Å². The fourth-order valence-corrected chi connectivity index (χ4v) is 1.86. The number of carbonyl (C=O) groups excluding carboxylic acids is 2. The third-order valence-electron chi connectivity index (χ3n) is 2.83. The van der Waals surface area contributed by atoms with Crippen LogP contribution in [0, 0.1) is 0 Å². The summed E-state index contributed by atoms with van der Waals surface area (Å²) in [5, 5.41) is 0. The highest BCUT2D eigenvalue weighted by atomic mass is 16.6. The lowest BCUT2D eigenvalue weighted by Crippen LogP contribution is -2.25. The lowest BCUT2D eigenvalue weighted by molar-refractivity contribution is 0.00628.